The van der Waals surface area contributed by atoms with Gasteiger partial charge in [-0.1, -0.05) is 28.7 Å². The molecular weight excluding hydrogens is 436 g/mol. The second-order valence-electron chi connectivity index (χ2n) is 11.3. The van der Waals surface area contributed by atoms with Crippen molar-refractivity contribution in [2.75, 3.05) is 87.2 Å². The van der Waals surface area contributed by atoms with Gasteiger partial charge in [0.15, 0.2) is 0 Å². The standard InChI is InChI=1S/C7H15NO.2C7H15N.C6H11NO.2CH4/c1-8-4-2-3-7(5-8)6-9;1-7-3-5-8(2)6-4-7;1-7-4-3-5-8(2)6-7;1-7-4-2-6(8)3-5-7;;/h7,9H,2-6H2,1H3;2*7H,3-6H2,1-2H3;2-5H2,1H3;2*1H4/t7-;;7-;;;/m1.0.../s1. The fraction of sp³-hybridized carbons (Fsp3) is 0.966. The summed E-state index contributed by atoms with van der Waals surface area (Å²) in [7, 11) is 8.57. The molecule has 4 aliphatic rings. The monoisotopic (exact) mass is 501 g/mol. The molecule has 0 aromatic heterocycles. The summed E-state index contributed by atoms with van der Waals surface area (Å²) in [5.41, 5.74) is 0. The predicted octanol–water partition coefficient (Wildman–Crippen LogP) is 4.57. The van der Waals surface area contributed by atoms with Gasteiger partial charge in [0, 0.05) is 45.6 Å². The Morgan fingerprint density at radius 2 is 1.14 bits per heavy atom. The molecule has 1 N–H and O–H groups in total. The van der Waals surface area contributed by atoms with E-state index in [1.165, 1.54) is 71.2 Å². The number of likely N-dealkylation sites (tertiary alicyclic amines) is 4. The maximum Gasteiger partial charge on any atom is 0.135 e. The molecule has 0 aromatic rings. The summed E-state index contributed by atoms with van der Waals surface area (Å²) in [6.45, 7) is 14.5. The van der Waals surface area contributed by atoms with Gasteiger partial charge in [-0.3, -0.25) is 4.79 Å². The Morgan fingerprint density at radius 3 is 1.49 bits per heavy atom. The number of piperidine rings is 4. The zero-order valence-corrected chi connectivity index (χ0v) is 22.9. The Bertz CT molecular complexity index is 469. The lowest BCUT2D eigenvalue weighted by Crippen LogP contribution is -2.33. The molecule has 0 unspecified atom stereocenters. The Hall–Kier alpha value is -0.530. The van der Waals surface area contributed by atoms with Crippen molar-refractivity contribution >= 4 is 5.78 Å². The van der Waals surface area contributed by atoms with E-state index < -0.39 is 0 Å². The Labute approximate surface area is 220 Å². The van der Waals surface area contributed by atoms with Gasteiger partial charge in [0.1, 0.15) is 5.78 Å². The van der Waals surface area contributed by atoms with Crippen LogP contribution in [0.2, 0.25) is 0 Å². The highest BCUT2D eigenvalue weighted by Gasteiger charge is 2.15. The number of hydrogen-bond donors (Lipinski definition) is 1. The zero-order chi connectivity index (χ0) is 24.6. The fourth-order valence-electron chi connectivity index (χ4n) is 4.85. The Morgan fingerprint density at radius 1 is 0.657 bits per heavy atom. The van der Waals surface area contributed by atoms with Crippen LogP contribution in [0.5, 0.6) is 0 Å². The molecule has 0 spiro atoms. The van der Waals surface area contributed by atoms with Crippen LogP contribution in [0.4, 0.5) is 0 Å². The van der Waals surface area contributed by atoms with E-state index in [1.807, 2.05) is 7.05 Å². The normalized spacial score (nSPS) is 26.9. The fourth-order valence-corrected chi connectivity index (χ4v) is 4.85. The molecule has 6 nitrogen and oxygen atoms in total. The molecule has 212 valence electrons. The Kier molecular flexibility index (Phi) is 22.5. The van der Waals surface area contributed by atoms with E-state index in [9.17, 15) is 4.79 Å². The molecule has 4 aliphatic heterocycles. The second kappa shape index (κ2) is 21.5. The maximum atomic E-state index is 10.6. The van der Waals surface area contributed by atoms with Crippen LogP contribution in [0.1, 0.15) is 80.1 Å². The van der Waals surface area contributed by atoms with Gasteiger partial charge in [-0.2, -0.15) is 0 Å². The molecule has 4 fully saturated rings. The highest BCUT2D eigenvalue weighted by atomic mass is 16.3. The average Bonchev–Trinajstić information content (AvgIpc) is 2.79. The molecule has 2 atom stereocenters. The molecule has 0 saturated carbocycles. The van der Waals surface area contributed by atoms with Gasteiger partial charge in [0.2, 0.25) is 0 Å². The van der Waals surface area contributed by atoms with Crippen LogP contribution >= 0.6 is 0 Å². The van der Waals surface area contributed by atoms with Gasteiger partial charge in [0.25, 0.3) is 0 Å². The molecule has 4 rings (SSSR count). The largest absolute Gasteiger partial charge is 0.396 e. The molecule has 4 saturated heterocycles. The maximum absolute atomic E-state index is 10.6. The lowest BCUT2D eigenvalue weighted by Gasteiger charge is -2.27. The van der Waals surface area contributed by atoms with E-state index in [0.29, 0.717) is 18.3 Å². The van der Waals surface area contributed by atoms with Crippen LogP contribution in [0.3, 0.4) is 0 Å². The van der Waals surface area contributed by atoms with Gasteiger partial charge in [0.05, 0.1) is 0 Å². The SMILES string of the molecule is C.C.CC1CCN(C)CC1.CN1CCC(=O)CC1.CN1CCC[C@@H](CO)C1.C[C@H]1CCCN(C)C1. The highest BCUT2D eigenvalue weighted by molar-refractivity contribution is 5.79. The van der Waals surface area contributed by atoms with Gasteiger partial charge in [-0.25, -0.2) is 0 Å². The molecule has 0 aromatic carbocycles. The summed E-state index contributed by atoms with van der Waals surface area (Å²) < 4.78 is 0. The highest BCUT2D eigenvalue weighted by Crippen LogP contribution is 2.14. The van der Waals surface area contributed by atoms with E-state index in [0.717, 1.165) is 44.3 Å². The number of Topliss-reactive ketones (excluding diaryl/α,β-unsaturated/α-hetero) is 1. The number of ketones is 1. The first kappa shape index (κ1) is 36.6. The first-order valence-electron chi connectivity index (χ1n) is 13.6. The second-order valence-corrected chi connectivity index (χ2v) is 11.3. The average molecular weight is 501 g/mol. The van der Waals surface area contributed by atoms with Crippen molar-refractivity contribution in [3.63, 3.8) is 0 Å². The molecular formula is C29H64N4O2. The van der Waals surface area contributed by atoms with Crippen molar-refractivity contribution < 1.29 is 9.90 Å². The summed E-state index contributed by atoms with van der Waals surface area (Å²) in [5.74, 6) is 2.88. The van der Waals surface area contributed by atoms with Crippen LogP contribution in [0, 0.1) is 17.8 Å². The third-order valence-corrected chi connectivity index (χ3v) is 7.39. The smallest absolute Gasteiger partial charge is 0.135 e. The molecule has 35 heavy (non-hydrogen) atoms. The molecule has 4 heterocycles. The van der Waals surface area contributed by atoms with Crippen LogP contribution in [0.15, 0.2) is 0 Å². The minimum absolute atomic E-state index is 0. The number of carbonyl (C=O) groups excluding carboxylic acids is 1. The summed E-state index contributed by atoms with van der Waals surface area (Å²) in [4.78, 5) is 19.9. The van der Waals surface area contributed by atoms with Crippen molar-refractivity contribution in [1.29, 1.82) is 0 Å². The van der Waals surface area contributed by atoms with Gasteiger partial charge in [-0.15, -0.1) is 0 Å². The van der Waals surface area contributed by atoms with Crippen LogP contribution < -0.4 is 0 Å². The third-order valence-electron chi connectivity index (χ3n) is 7.39. The van der Waals surface area contributed by atoms with E-state index >= 15 is 0 Å². The molecule has 0 aliphatic carbocycles. The third kappa shape index (κ3) is 19.3. The molecule has 0 amide bonds. The lowest BCUT2D eigenvalue weighted by atomic mass is 10.00. The number of hydrogen-bond acceptors (Lipinski definition) is 6. The van der Waals surface area contributed by atoms with E-state index in [4.69, 9.17) is 5.11 Å². The summed E-state index contributed by atoms with van der Waals surface area (Å²) in [5, 5.41) is 8.78. The number of aliphatic hydroxyl groups excluding tert-OH is 1. The molecule has 0 radical (unpaired) electrons. The quantitative estimate of drug-likeness (QED) is 0.569. The van der Waals surface area contributed by atoms with Gasteiger partial charge in [-0.05, 0) is 111 Å². The summed E-state index contributed by atoms with van der Waals surface area (Å²) in [6, 6.07) is 0. The summed E-state index contributed by atoms with van der Waals surface area (Å²) in [6.07, 6.45) is 9.62. The van der Waals surface area contributed by atoms with E-state index in [2.05, 4.69) is 54.6 Å². The number of carbonyl (C=O) groups is 1. The molecule has 0 bridgehead atoms. The molecule has 6 heteroatoms. The van der Waals surface area contributed by atoms with E-state index in [-0.39, 0.29) is 14.9 Å². The first-order chi connectivity index (χ1) is 15.7. The number of rotatable bonds is 1. The predicted molar refractivity (Wildman–Crippen MR) is 154 cm³/mol. The van der Waals surface area contributed by atoms with Gasteiger partial charge >= 0.3 is 0 Å². The van der Waals surface area contributed by atoms with Crippen molar-refractivity contribution in [1.82, 2.24) is 19.6 Å². The van der Waals surface area contributed by atoms with Crippen molar-refractivity contribution in [2.24, 2.45) is 17.8 Å². The zero-order valence-electron chi connectivity index (χ0n) is 22.9. The summed E-state index contributed by atoms with van der Waals surface area (Å²) >= 11 is 0. The first-order valence-corrected chi connectivity index (χ1v) is 13.6. The van der Waals surface area contributed by atoms with E-state index in [1.54, 1.807) is 0 Å². The van der Waals surface area contributed by atoms with Crippen LogP contribution in [-0.4, -0.2) is 118 Å². The topological polar surface area (TPSA) is 50.3 Å². The van der Waals surface area contributed by atoms with Crippen LogP contribution in [0.25, 0.3) is 0 Å². The lowest BCUT2D eigenvalue weighted by molar-refractivity contribution is -0.121. The number of aliphatic hydroxyl groups is 1. The van der Waals surface area contributed by atoms with Crippen molar-refractivity contribution in [2.45, 2.75) is 80.1 Å². The van der Waals surface area contributed by atoms with Crippen molar-refractivity contribution in [3.8, 4) is 0 Å². The minimum Gasteiger partial charge on any atom is -0.396 e. The van der Waals surface area contributed by atoms with Crippen molar-refractivity contribution in [3.05, 3.63) is 0 Å². The Balaban J connectivity index is 0. The number of nitrogens with zero attached hydrogens (tertiary/aromatic N) is 4. The van der Waals surface area contributed by atoms with Crippen LogP contribution in [-0.2, 0) is 4.79 Å². The minimum atomic E-state index is 0. The van der Waals surface area contributed by atoms with Gasteiger partial charge < -0.3 is 24.7 Å².